The molecule has 0 saturated heterocycles. The Hall–Kier alpha value is -7.96. The Morgan fingerprint density at radius 2 is 0.926 bits per heavy atom. The SMILES string of the molecule is Cc1cc2c3c(c1)N1c4c(cc(C(C)(C)C)cc4-n4c5ccc(C(C)(C)C)cc5c5cc(C(C)(C)C)cc1c54)B3c1ccc(N(c3ccc(C(C)(C)C)cc3)c3ccc(C(C)(C)C)cc3)cc1N2c1ccc2oc3ccccc3c2c1. The van der Waals surface area contributed by atoms with Gasteiger partial charge in [0, 0.05) is 61.4 Å². The highest BCUT2D eigenvalue weighted by Gasteiger charge is 2.47. The third kappa shape index (κ3) is 7.86. The summed E-state index contributed by atoms with van der Waals surface area (Å²) in [6.07, 6.45) is 0. The summed E-state index contributed by atoms with van der Waals surface area (Å²) in [5.74, 6) is 0. The molecule has 3 aliphatic heterocycles. The molecule has 14 rings (SSSR count). The van der Waals surface area contributed by atoms with Crippen LogP contribution in [-0.4, -0.2) is 11.3 Å². The smallest absolute Gasteiger partial charge is 0.252 e. The number of rotatable bonds is 4. The van der Waals surface area contributed by atoms with E-state index in [9.17, 15) is 0 Å². The van der Waals surface area contributed by atoms with Crippen LogP contribution >= 0.6 is 0 Å². The number of benzene rings is 9. The van der Waals surface area contributed by atoms with Crippen molar-refractivity contribution in [3.63, 3.8) is 0 Å². The van der Waals surface area contributed by atoms with Gasteiger partial charge in [-0.3, -0.25) is 0 Å². The van der Waals surface area contributed by atoms with Crippen molar-refractivity contribution >= 4 is 118 Å². The molecule has 81 heavy (non-hydrogen) atoms. The minimum Gasteiger partial charge on any atom is -0.456 e. The molecule has 0 saturated carbocycles. The second-order valence-corrected chi connectivity index (χ2v) is 28.9. The lowest BCUT2D eigenvalue weighted by Crippen LogP contribution is -2.62. The van der Waals surface area contributed by atoms with Crippen molar-refractivity contribution in [1.82, 2.24) is 4.57 Å². The zero-order valence-electron chi connectivity index (χ0n) is 50.4. The number of nitrogens with zero attached hydrogens (tertiary/aromatic N) is 4. The molecule has 0 N–H and O–H groups in total. The number of aryl methyl sites for hydroxylation is 1. The minimum absolute atomic E-state index is 0.0127. The molecule has 3 aliphatic rings. The van der Waals surface area contributed by atoms with Gasteiger partial charge in [-0.15, -0.1) is 0 Å². The third-order valence-corrected chi connectivity index (χ3v) is 18.1. The summed E-state index contributed by atoms with van der Waals surface area (Å²) in [5.41, 5.74) is 27.6. The van der Waals surface area contributed by atoms with Gasteiger partial charge in [-0.05, 0) is 187 Å². The van der Waals surface area contributed by atoms with Gasteiger partial charge in [-0.2, -0.15) is 0 Å². The summed E-state index contributed by atoms with van der Waals surface area (Å²) >= 11 is 0. The van der Waals surface area contributed by atoms with Crippen LogP contribution in [0.15, 0.2) is 168 Å². The number of furan rings is 1. The van der Waals surface area contributed by atoms with E-state index in [1.165, 1.54) is 100 Å². The van der Waals surface area contributed by atoms with Crippen LogP contribution in [0.5, 0.6) is 0 Å². The maximum Gasteiger partial charge on any atom is 0.252 e. The van der Waals surface area contributed by atoms with Crippen LogP contribution in [0.3, 0.4) is 0 Å². The Bertz CT molecular complexity index is 4380. The third-order valence-electron chi connectivity index (χ3n) is 18.1. The van der Waals surface area contributed by atoms with Gasteiger partial charge in [0.05, 0.1) is 28.1 Å². The first-order chi connectivity index (χ1) is 38.2. The number of hydrogen-bond acceptors (Lipinski definition) is 4. The molecule has 6 heteroatoms. The summed E-state index contributed by atoms with van der Waals surface area (Å²) in [7, 11) is 0. The van der Waals surface area contributed by atoms with Gasteiger partial charge < -0.3 is 23.7 Å². The number of fused-ring (bicyclic) bond motifs is 12. The monoisotopic (exact) mass is 1060 g/mol. The summed E-state index contributed by atoms with van der Waals surface area (Å²) < 4.78 is 9.19. The fourth-order valence-electron chi connectivity index (χ4n) is 13.5. The van der Waals surface area contributed by atoms with E-state index in [0.717, 1.165) is 50.4 Å². The molecule has 0 amide bonds. The first kappa shape index (κ1) is 51.2. The van der Waals surface area contributed by atoms with E-state index in [1.807, 2.05) is 0 Å². The average Bonchev–Trinajstić information content (AvgIpc) is 2.34. The summed E-state index contributed by atoms with van der Waals surface area (Å²) in [5, 5.41) is 4.84. The molecular formula is C75H75BN4O. The maximum absolute atomic E-state index is 6.55. The van der Waals surface area contributed by atoms with Crippen molar-refractivity contribution in [2.45, 2.75) is 138 Å². The van der Waals surface area contributed by atoms with Gasteiger partial charge in [-0.25, -0.2) is 0 Å². The first-order valence-corrected chi connectivity index (χ1v) is 29.4. The van der Waals surface area contributed by atoms with Gasteiger partial charge >= 0.3 is 0 Å². The highest BCUT2D eigenvalue weighted by molar-refractivity contribution is 7.00. The zero-order chi connectivity index (χ0) is 56.8. The van der Waals surface area contributed by atoms with Gasteiger partial charge in [0.15, 0.2) is 0 Å². The highest BCUT2D eigenvalue weighted by atomic mass is 16.3. The van der Waals surface area contributed by atoms with Crippen LogP contribution in [0.4, 0.5) is 51.2 Å². The molecule has 5 heterocycles. The lowest BCUT2D eigenvalue weighted by atomic mass is 9.33. The minimum atomic E-state index is -0.146. The Morgan fingerprint density at radius 3 is 1.56 bits per heavy atom. The van der Waals surface area contributed by atoms with Crippen molar-refractivity contribution in [2.75, 3.05) is 14.7 Å². The molecule has 11 aromatic rings. The normalized spacial score (nSPS) is 14.1. The summed E-state index contributed by atoms with van der Waals surface area (Å²) in [6.45, 7) is 37.2. The Kier molecular flexibility index (Phi) is 10.8. The van der Waals surface area contributed by atoms with Crippen LogP contribution in [0.1, 0.15) is 137 Å². The van der Waals surface area contributed by atoms with E-state index in [-0.39, 0.29) is 33.8 Å². The number of anilines is 9. The van der Waals surface area contributed by atoms with Crippen molar-refractivity contribution in [3.8, 4) is 5.69 Å². The molecule has 0 spiro atoms. The van der Waals surface area contributed by atoms with Crippen molar-refractivity contribution in [3.05, 3.63) is 197 Å². The van der Waals surface area contributed by atoms with Crippen LogP contribution in [0.2, 0.25) is 0 Å². The van der Waals surface area contributed by atoms with Crippen LogP contribution in [-0.2, 0) is 27.1 Å². The molecular weight excluding hydrogens is 984 g/mol. The van der Waals surface area contributed by atoms with Crippen molar-refractivity contribution in [1.29, 1.82) is 0 Å². The Balaban J connectivity index is 1.10. The average molecular weight is 1060 g/mol. The molecule has 0 unspecified atom stereocenters. The van der Waals surface area contributed by atoms with Crippen LogP contribution in [0.25, 0.3) is 49.4 Å². The molecule has 404 valence electrons. The molecule has 0 radical (unpaired) electrons. The largest absolute Gasteiger partial charge is 0.456 e. The van der Waals surface area contributed by atoms with E-state index >= 15 is 0 Å². The first-order valence-electron chi connectivity index (χ1n) is 29.4. The molecule has 0 fully saturated rings. The predicted octanol–water partition coefficient (Wildman–Crippen LogP) is 19.3. The molecule has 9 aromatic carbocycles. The molecule has 2 aromatic heterocycles. The van der Waals surface area contributed by atoms with Gasteiger partial charge in [0.25, 0.3) is 6.71 Å². The van der Waals surface area contributed by atoms with E-state index in [1.54, 1.807) is 0 Å². The van der Waals surface area contributed by atoms with Gasteiger partial charge in [0.1, 0.15) is 11.2 Å². The van der Waals surface area contributed by atoms with E-state index in [4.69, 9.17) is 4.42 Å². The molecule has 0 bridgehead atoms. The van der Waals surface area contributed by atoms with Crippen LogP contribution in [0, 0.1) is 6.92 Å². The Labute approximate surface area is 479 Å². The Morgan fingerprint density at radius 1 is 0.383 bits per heavy atom. The quantitative estimate of drug-likeness (QED) is 0.164. The fourth-order valence-corrected chi connectivity index (χ4v) is 13.5. The van der Waals surface area contributed by atoms with Gasteiger partial charge in [-0.1, -0.05) is 165 Å². The lowest BCUT2D eigenvalue weighted by Gasteiger charge is -2.47. The van der Waals surface area contributed by atoms with Gasteiger partial charge in [0.2, 0.25) is 0 Å². The molecule has 0 aliphatic carbocycles. The lowest BCUT2D eigenvalue weighted by molar-refractivity contribution is 0.590. The number of hydrogen-bond donors (Lipinski definition) is 0. The van der Waals surface area contributed by atoms with E-state index in [2.05, 4.69) is 294 Å². The second kappa shape index (κ2) is 17.0. The van der Waals surface area contributed by atoms with Crippen molar-refractivity contribution < 1.29 is 4.42 Å². The highest BCUT2D eigenvalue weighted by Crippen LogP contribution is 2.55. The topological polar surface area (TPSA) is 27.8 Å². The standard InChI is InChI=1S/C75H75BN4O/c1-44-35-62-68-63(36-44)80-64-40-48(74(11,12)13)38-57-55-37-47(73(8,9)10)25-33-60(55)79(69(57)64)65-41-49(75(14,15)16)39-59(70(65)80)76(68)58-32-30-53(43-61(58)78(62)52-31-34-67-56(42-52)54-19-17-18-20-66(54)81-67)77(50-26-21-45(22-27-50)71(2,3)4)51-28-23-46(24-29-51)72(5,6)7/h17-43H,1-16H3. The number of aromatic nitrogens is 1. The maximum atomic E-state index is 6.55. The molecule has 0 atom stereocenters. The zero-order valence-corrected chi connectivity index (χ0v) is 50.4. The van der Waals surface area contributed by atoms with Crippen LogP contribution < -0.4 is 31.1 Å². The summed E-state index contributed by atoms with van der Waals surface area (Å²) in [6, 6.07) is 63.5. The second-order valence-electron chi connectivity index (χ2n) is 28.9. The summed E-state index contributed by atoms with van der Waals surface area (Å²) in [4.78, 5) is 7.74. The predicted molar refractivity (Wildman–Crippen MR) is 349 cm³/mol. The van der Waals surface area contributed by atoms with E-state index < -0.39 is 0 Å². The van der Waals surface area contributed by atoms with E-state index in [0.29, 0.717) is 0 Å². The van der Waals surface area contributed by atoms with Crippen molar-refractivity contribution in [2.24, 2.45) is 0 Å². The number of para-hydroxylation sites is 1. The molecule has 5 nitrogen and oxygen atoms in total. The fraction of sp³-hybridized carbons (Fsp3) is 0.280.